The largest absolute Gasteiger partial charge is 0.375 e. The standard InChI is InChI=1S/C14H19N3S/c1-14(6-2-3-7-14)16-9-10-4-5-11-12(8-10)18-13(15)17-11/h4-5,8,16H,2-3,6-7,9H2,1H3,(H2,15,17). The van der Waals surface area contributed by atoms with Gasteiger partial charge in [0, 0.05) is 12.1 Å². The van der Waals surface area contributed by atoms with E-state index in [0.717, 1.165) is 12.1 Å². The highest BCUT2D eigenvalue weighted by Gasteiger charge is 2.27. The van der Waals surface area contributed by atoms with Crippen molar-refractivity contribution in [1.82, 2.24) is 10.3 Å². The summed E-state index contributed by atoms with van der Waals surface area (Å²) < 4.78 is 1.18. The average Bonchev–Trinajstić information content (AvgIpc) is 2.92. The fraction of sp³-hybridized carbons (Fsp3) is 0.500. The van der Waals surface area contributed by atoms with Gasteiger partial charge in [0.15, 0.2) is 5.13 Å². The van der Waals surface area contributed by atoms with Crippen LogP contribution in [0.3, 0.4) is 0 Å². The van der Waals surface area contributed by atoms with Crippen molar-refractivity contribution in [2.45, 2.75) is 44.7 Å². The highest BCUT2D eigenvalue weighted by molar-refractivity contribution is 7.22. The van der Waals surface area contributed by atoms with Crippen LogP contribution in [0.15, 0.2) is 18.2 Å². The van der Waals surface area contributed by atoms with Crippen LogP contribution < -0.4 is 11.1 Å². The van der Waals surface area contributed by atoms with E-state index in [1.54, 1.807) is 11.3 Å². The van der Waals surface area contributed by atoms with Crippen molar-refractivity contribution in [3.05, 3.63) is 23.8 Å². The van der Waals surface area contributed by atoms with Gasteiger partial charge < -0.3 is 11.1 Å². The van der Waals surface area contributed by atoms with Crippen molar-refractivity contribution >= 4 is 26.7 Å². The monoisotopic (exact) mass is 261 g/mol. The third-order valence-electron chi connectivity index (χ3n) is 3.90. The zero-order valence-electron chi connectivity index (χ0n) is 10.7. The maximum atomic E-state index is 5.73. The third-order valence-corrected chi connectivity index (χ3v) is 4.74. The van der Waals surface area contributed by atoms with Gasteiger partial charge in [-0.2, -0.15) is 0 Å². The SMILES string of the molecule is CC1(NCc2ccc3nc(N)sc3c2)CCCC1. The number of benzene rings is 1. The maximum Gasteiger partial charge on any atom is 0.181 e. The Morgan fingerprint density at radius 2 is 2.17 bits per heavy atom. The Kier molecular flexibility index (Phi) is 2.99. The molecule has 0 spiro atoms. The van der Waals surface area contributed by atoms with Gasteiger partial charge in [0.05, 0.1) is 10.2 Å². The van der Waals surface area contributed by atoms with Crippen molar-refractivity contribution < 1.29 is 0 Å². The summed E-state index contributed by atoms with van der Waals surface area (Å²) in [6, 6.07) is 6.41. The summed E-state index contributed by atoms with van der Waals surface area (Å²) in [4.78, 5) is 4.28. The minimum Gasteiger partial charge on any atom is -0.375 e. The lowest BCUT2D eigenvalue weighted by molar-refractivity contribution is 0.363. The number of nitrogens with one attached hydrogen (secondary N) is 1. The molecule has 0 saturated heterocycles. The molecule has 1 aromatic carbocycles. The fourth-order valence-corrected chi connectivity index (χ4v) is 3.54. The van der Waals surface area contributed by atoms with Gasteiger partial charge in [-0.15, -0.1) is 0 Å². The number of thiazole rings is 1. The molecule has 0 radical (unpaired) electrons. The number of nitrogens with two attached hydrogens (primary N) is 1. The molecular weight excluding hydrogens is 242 g/mol. The number of nitrogens with zero attached hydrogens (tertiary/aromatic N) is 1. The minimum absolute atomic E-state index is 0.335. The first kappa shape index (κ1) is 11.9. The summed E-state index contributed by atoms with van der Waals surface area (Å²) in [5.41, 5.74) is 8.39. The first-order valence-electron chi connectivity index (χ1n) is 6.55. The third kappa shape index (κ3) is 2.35. The number of nitrogen functional groups attached to an aromatic ring is 1. The molecular formula is C14H19N3S. The van der Waals surface area contributed by atoms with Crippen LogP contribution in [0.4, 0.5) is 5.13 Å². The lowest BCUT2D eigenvalue weighted by atomic mass is 10.0. The van der Waals surface area contributed by atoms with Crippen LogP contribution in [0.2, 0.25) is 0 Å². The van der Waals surface area contributed by atoms with Gasteiger partial charge in [-0.3, -0.25) is 0 Å². The molecule has 1 fully saturated rings. The summed E-state index contributed by atoms with van der Waals surface area (Å²) in [5.74, 6) is 0. The molecule has 96 valence electrons. The first-order valence-corrected chi connectivity index (χ1v) is 7.36. The summed E-state index contributed by atoms with van der Waals surface area (Å²) in [5, 5.41) is 4.35. The Balaban J connectivity index is 1.74. The maximum absolute atomic E-state index is 5.73. The van der Waals surface area contributed by atoms with Crippen LogP contribution in [0.5, 0.6) is 0 Å². The quantitative estimate of drug-likeness (QED) is 0.891. The van der Waals surface area contributed by atoms with Crippen LogP contribution in [0.25, 0.3) is 10.2 Å². The fourth-order valence-electron chi connectivity index (χ4n) is 2.74. The Bertz CT molecular complexity index is 555. The number of anilines is 1. The van der Waals surface area contributed by atoms with E-state index in [2.05, 4.69) is 35.4 Å². The molecule has 1 heterocycles. The lowest BCUT2D eigenvalue weighted by Crippen LogP contribution is -2.38. The zero-order valence-corrected chi connectivity index (χ0v) is 11.5. The molecule has 0 bridgehead atoms. The summed E-state index contributed by atoms with van der Waals surface area (Å²) in [6.07, 6.45) is 5.30. The van der Waals surface area contributed by atoms with E-state index in [-0.39, 0.29) is 0 Å². The first-order chi connectivity index (χ1) is 8.65. The van der Waals surface area contributed by atoms with E-state index in [1.807, 2.05) is 0 Å². The van der Waals surface area contributed by atoms with E-state index in [1.165, 1.54) is 35.9 Å². The number of fused-ring (bicyclic) bond motifs is 1. The molecule has 0 aliphatic heterocycles. The molecule has 0 amide bonds. The zero-order chi connectivity index (χ0) is 12.6. The molecule has 3 rings (SSSR count). The van der Waals surface area contributed by atoms with E-state index in [9.17, 15) is 0 Å². The van der Waals surface area contributed by atoms with Crippen LogP contribution in [0, 0.1) is 0 Å². The van der Waals surface area contributed by atoms with E-state index in [4.69, 9.17) is 5.73 Å². The Morgan fingerprint density at radius 1 is 1.39 bits per heavy atom. The van der Waals surface area contributed by atoms with Crippen molar-refractivity contribution in [2.24, 2.45) is 0 Å². The topological polar surface area (TPSA) is 50.9 Å². The van der Waals surface area contributed by atoms with Crippen LogP contribution in [0.1, 0.15) is 38.2 Å². The highest BCUT2D eigenvalue weighted by atomic mass is 32.1. The average molecular weight is 261 g/mol. The second-order valence-electron chi connectivity index (χ2n) is 5.48. The molecule has 3 nitrogen and oxygen atoms in total. The van der Waals surface area contributed by atoms with E-state index < -0.39 is 0 Å². The lowest BCUT2D eigenvalue weighted by Gasteiger charge is -2.25. The van der Waals surface area contributed by atoms with Gasteiger partial charge in [-0.25, -0.2) is 4.98 Å². The molecule has 0 unspecified atom stereocenters. The van der Waals surface area contributed by atoms with E-state index >= 15 is 0 Å². The molecule has 1 aliphatic rings. The smallest absolute Gasteiger partial charge is 0.181 e. The summed E-state index contributed by atoms with van der Waals surface area (Å²) >= 11 is 1.56. The molecule has 1 saturated carbocycles. The summed E-state index contributed by atoms with van der Waals surface area (Å²) in [7, 11) is 0. The van der Waals surface area contributed by atoms with Gasteiger partial charge in [-0.05, 0) is 37.5 Å². The molecule has 18 heavy (non-hydrogen) atoms. The van der Waals surface area contributed by atoms with Crippen LogP contribution in [-0.2, 0) is 6.54 Å². The van der Waals surface area contributed by atoms with Crippen molar-refractivity contribution in [1.29, 1.82) is 0 Å². The van der Waals surface area contributed by atoms with Crippen molar-refractivity contribution in [2.75, 3.05) is 5.73 Å². The molecule has 1 aromatic heterocycles. The van der Waals surface area contributed by atoms with Gasteiger partial charge in [-0.1, -0.05) is 30.2 Å². The normalized spacial score (nSPS) is 18.5. The summed E-state index contributed by atoms with van der Waals surface area (Å²) in [6.45, 7) is 3.27. The van der Waals surface area contributed by atoms with Crippen LogP contribution in [-0.4, -0.2) is 10.5 Å². The molecule has 0 atom stereocenters. The highest BCUT2D eigenvalue weighted by Crippen LogP contribution is 2.30. The Labute approximate surface area is 111 Å². The van der Waals surface area contributed by atoms with Crippen LogP contribution >= 0.6 is 11.3 Å². The Hall–Kier alpha value is -1.13. The predicted octanol–water partition coefficient (Wildman–Crippen LogP) is 3.30. The Morgan fingerprint density at radius 3 is 2.94 bits per heavy atom. The molecule has 2 aromatic rings. The predicted molar refractivity (Wildman–Crippen MR) is 77.7 cm³/mol. The molecule has 1 aliphatic carbocycles. The minimum atomic E-state index is 0.335. The van der Waals surface area contributed by atoms with Crippen molar-refractivity contribution in [3.8, 4) is 0 Å². The van der Waals surface area contributed by atoms with E-state index in [0.29, 0.717) is 10.7 Å². The molecule has 3 N–H and O–H groups in total. The number of rotatable bonds is 3. The molecule has 4 heteroatoms. The van der Waals surface area contributed by atoms with Crippen molar-refractivity contribution in [3.63, 3.8) is 0 Å². The second kappa shape index (κ2) is 4.52. The van der Waals surface area contributed by atoms with Gasteiger partial charge >= 0.3 is 0 Å². The number of aromatic nitrogens is 1. The second-order valence-corrected chi connectivity index (χ2v) is 6.54. The van der Waals surface area contributed by atoms with Gasteiger partial charge in [0.2, 0.25) is 0 Å². The number of hydrogen-bond acceptors (Lipinski definition) is 4. The number of hydrogen-bond donors (Lipinski definition) is 2. The van der Waals surface area contributed by atoms with Gasteiger partial charge in [0.1, 0.15) is 0 Å². The van der Waals surface area contributed by atoms with Gasteiger partial charge in [0.25, 0.3) is 0 Å².